The number of hydrogen-bond acceptors (Lipinski definition) is 9. The zero-order valence-electron chi connectivity index (χ0n) is 8.49. The molecule has 0 rings (SSSR count). The van der Waals surface area contributed by atoms with Gasteiger partial charge in [-0.1, -0.05) is 0 Å². The lowest BCUT2D eigenvalue weighted by molar-refractivity contribution is -0.180. The van der Waals surface area contributed by atoms with Crippen LogP contribution in [0.2, 0.25) is 0 Å². The van der Waals surface area contributed by atoms with E-state index in [0.717, 1.165) is 0 Å². The molecule has 0 aliphatic heterocycles. The molecule has 9 nitrogen and oxygen atoms in total. The third kappa shape index (κ3) is 6.35. The normalized spacial score (nSPS) is 11.5. The first-order chi connectivity index (χ1) is 7.90. The predicted octanol–water partition coefficient (Wildman–Crippen LogP) is -3.14. The average molecular weight is 250 g/mol. The fourth-order valence-electron chi connectivity index (χ4n) is 0.652. The zero-order chi connectivity index (χ0) is 13.4. The van der Waals surface area contributed by atoms with Crippen LogP contribution in [0.1, 0.15) is 6.42 Å². The highest BCUT2D eigenvalue weighted by molar-refractivity contribution is 6.01. The highest BCUT2D eigenvalue weighted by atomic mass is 16.6. The van der Waals surface area contributed by atoms with E-state index in [2.05, 4.69) is 9.47 Å². The SMILES string of the molecule is O=C(CO)OC(=O)CC(=O)C(O)OC(=O)CO. The molecule has 0 bridgehead atoms. The number of carbonyl (C=O) groups is 4. The first kappa shape index (κ1) is 15.2. The van der Waals surface area contributed by atoms with Gasteiger partial charge in [-0.15, -0.1) is 0 Å². The lowest BCUT2D eigenvalue weighted by Gasteiger charge is -2.09. The first-order valence-corrected chi connectivity index (χ1v) is 4.26. The number of carbonyl (C=O) groups excluding carboxylic acids is 4. The highest BCUT2D eigenvalue weighted by Gasteiger charge is 2.23. The predicted molar refractivity (Wildman–Crippen MR) is 47.0 cm³/mol. The van der Waals surface area contributed by atoms with E-state index in [-0.39, 0.29) is 0 Å². The maximum Gasteiger partial charge on any atom is 0.339 e. The van der Waals surface area contributed by atoms with Gasteiger partial charge in [0.15, 0.2) is 0 Å². The molecule has 0 heterocycles. The number of rotatable bonds is 6. The Morgan fingerprint density at radius 3 is 1.94 bits per heavy atom. The summed E-state index contributed by atoms with van der Waals surface area (Å²) in [5.74, 6) is -5.06. The summed E-state index contributed by atoms with van der Waals surface area (Å²) < 4.78 is 7.87. The second-order valence-corrected chi connectivity index (χ2v) is 2.65. The van der Waals surface area contributed by atoms with Crippen LogP contribution in [0.5, 0.6) is 0 Å². The van der Waals surface area contributed by atoms with Crippen molar-refractivity contribution in [3.63, 3.8) is 0 Å². The highest BCUT2D eigenvalue weighted by Crippen LogP contribution is 1.97. The van der Waals surface area contributed by atoms with Crippen molar-refractivity contribution in [2.45, 2.75) is 12.7 Å². The van der Waals surface area contributed by atoms with Gasteiger partial charge in [0.05, 0.1) is 0 Å². The van der Waals surface area contributed by atoms with E-state index in [9.17, 15) is 19.2 Å². The van der Waals surface area contributed by atoms with Gasteiger partial charge < -0.3 is 24.8 Å². The molecule has 0 fully saturated rings. The van der Waals surface area contributed by atoms with Crippen LogP contribution in [0.3, 0.4) is 0 Å². The van der Waals surface area contributed by atoms with Crippen LogP contribution in [0.25, 0.3) is 0 Å². The second kappa shape index (κ2) is 7.44. The molecule has 96 valence electrons. The van der Waals surface area contributed by atoms with Gasteiger partial charge in [-0.05, 0) is 0 Å². The van der Waals surface area contributed by atoms with Gasteiger partial charge >= 0.3 is 17.9 Å². The minimum absolute atomic E-state index is 1.02. The maximum absolute atomic E-state index is 11.0. The second-order valence-electron chi connectivity index (χ2n) is 2.65. The summed E-state index contributed by atoms with van der Waals surface area (Å²) in [7, 11) is 0. The zero-order valence-corrected chi connectivity index (χ0v) is 8.49. The molecule has 0 aromatic carbocycles. The molecule has 0 saturated carbocycles. The topological polar surface area (TPSA) is 147 Å². The van der Waals surface area contributed by atoms with E-state index in [1.165, 1.54) is 0 Å². The Kier molecular flexibility index (Phi) is 6.63. The van der Waals surface area contributed by atoms with Gasteiger partial charge in [0.25, 0.3) is 6.29 Å². The molecule has 0 radical (unpaired) electrons. The quantitative estimate of drug-likeness (QED) is 0.252. The maximum atomic E-state index is 11.0. The number of esters is 3. The molecule has 0 saturated heterocycles. The van der Waals surface area contributed by atoms with Gasteiger partial charge in [0.1, 0.15) is 19.6 Å². The molecule has 1 atom stereocenters. The standard InChI is InChI=1S/C8H10O9/c9-2-6(13)16-5(12)1-4(11)8(15)17-7(14)3-10/h8-10,15H,1-3H2. The Labute approximate surface area is 94.5 Å². The van der Waals surface area contributed by atoms with Gasteiger partial charge in [0.2, 0.25) is 5.78 Å². The molecule has 17 heavy (non-hydrogen) atoms. The largest absolute Gasteiger partial charge is 0.426 e. The van der Waals surface area contributed by atoms with Crippen molar-refractivity contribution in [2.24, 2.45) is 0 Å². The molecule has 0 aromatic heterocycles. The molecule has 0 amide bonds. The molecule has 0 aliphatic rings. The summed E-state index contributed by atoms with van der Waals surface area (Å²) in [4.78, 5) is 42.7. The Morgan fingerprint density at radius 1 is 0.941 bits per heavy atom. The summed E-state index contributed by atoms with van der Waals surface area (Å²) in [5, 5.41) is 25.4. The lowest BCUT2D eigenvalue weighted by Crippen LogP contribution is -2.30. The van der Waals surface area contributed by atoms with E-state index >= 15 is 0 Å². The Balaban J connectivity index is 4.12. The van der Waals surface area contributed by atoms with Gasteiger partial charge in [0, 0.05) is 0 Å². The molecular weight excluding hydrogens is 240 g/mol. The Morgan fingerprint density at radius 2 is 1.47 bits per heavy atom. The molecule has 0 aliphatic carbocycles. The van der Waals surface area contributed by atoms with Crippen LogP contribution in [-0.4, -0.2) is 58.5 Å². The molecular formula is C8H10O9. The molecule has 9 heteroatoms. The Bertz CT molecular complexity index is 321. The molecule has 0 aromatic rings. The number of ether oxygens (including phenoxy) is 2. The van der Waals surface area contributed by atoms with Crippen molar-refractivity contribution in [1.82, 2.24) is 0 Å². The van der Waals surface area contributed by atoms with E-state index in [4.69, 9.17) is 15.3 Å². The smallest absolute Gasteiger partial charge is 0.339 e. The van der Waals surface area contributed by atoms with Gasteiger partial charge in [-0.3, -0.25) is 9.59 Å². The summed E-state index contributed by atoms with van der Waals surface area (Å²) in [6.07, 6.45) is -3.25. The van der Waals surface area contributed by atoms with Crippen LogP contribution in [0, 0.1) is 0 Å². The van der Waals surface area contributed by atoms with Crippen molar-refractivity contribution in [3.8, 4) is 0 Å². The van der Waals surface area contributed by atoms with E-state index in [0.29, 0.717) is 0 Å². The number of ketones is 1. The number of aliphatic hydroxyl groups excluding tert-OH is 3. The van der Waals surface area contributed by atoms with E-state index in [1.54, 1.807) is 0 Å². The third-order valence-corrected chi connectivity index (χ3v) is 1.32. The minimum atomic E-state index is -2.23. The monoisotopic (exact) mass is 250 g/mol. The van der Waals surface area contributed by atoms with Gasteiger partial charge in [-0.25, -0.2) is 9.59 Å². The van der Waals surface area contributed by atoms with E-state index < -0.39 is 49.6 Å². The van der Waals surface area contributed by atoms with Crippen molar-refractivity contribution in [1.29, 1.82) is 0 Å². The van der Waals surface area contributed by atoms with Crippen molar-refractivity contribution < 1.29 is 44.0 Å². The van der Waals surface area contributed by atoms with Crippen molar-refractivity contribution in [3.05, 3.63) is 0 Å². The molecule has 0 spiro atoms. The van der Waals surface area contributed by atoms with Crippen LogP contribution in [0.15, 0.2) is 0 Å². The van der Waals surface area contributed by atoms with Crippen LogP contribution in [0.4, 0.5) is 0 Å². The minimum Gasteiger partial charge on any atom is -0.426 e. The number of hydrogen-bond donors (Lipinski definition) is 3. The summed E-state index contributed by atoms with van der Waals surface area (Å²) in [6, 6.07) is 0. The van der Waals surface area contributed by atoms with Crippen LogP contribution >= 0.6 is 0 Å². The van der Waals surface area contributed by atoms with Gasteiger partial charge in [-0.2, -0.15) is 0 Å². The van der Waals surface area contributed by atoms with Crippen molar-refractivity contribution >= 4 is 23.7 Å². The van der Waals surface area contributed by atoms with Crippen LogP contribution in [-0.2, 0) is 28.7 Å². The third-order valence-electron chi connectivity index (χ3n) is 1.32. The number of Topliss-reactive ketones (excluding diaryl/α,β-unsaturated/α-hetero) is 1. The lowest BCUT2D eigenvalue weighted by atomic mass is 10.3. The van der Waals surface area contributed by atoms with E-state index in [1.807, 2.05) is 0 Å². The Hall–Kier alpha value is -1.84. The fourth-order valence-corrected chi connectivity index (χ4v) is 0.652. The summed E-state index contributed by atoms with van der Waals surface area (Å²) in [6.45, 7) is -2.08. The summed E-state index contributed by atoms with van der Waals surface area (Å²) in [5.41, 5.74) is 0. The van der Waals surface area contributed by atoms with Crippen LogP contribution < -0.4 is 0 Å². The molecule has 3 N–H and O–H groups in total. The molecule has 1 unspecified atom stereocenters. The number of aliphatic hydroxyl groups is 3. The fraction of sp³-hybridized carbons (Fsp3) is 0.500. The van der Waals surface area contributed by atoms with Crippen molar-refractivity contribution in [2.75, 3.05) is 13.2 Å². The average Bonchev–Trinajstić information content (AvgIpc) is 2.28. The summed E-state index contributed by atoms with van der Waals surface area (Å²) >= 11 is 0. The first-order valence-electron chi connectivity index (χ1n) is 4.26.